The molecule has 0 atom stereocenters. The molecule has 0 fully saturated rings. The van der Waals surface area contributed by atoms with Crippen molar-refractivity contribution in [3.63, 3.8) is 0 Å². The van der Waals surface area contributed by atoms with Gasteiger partial charge in [-0.2, -0.15) is 0 Å². The Morgan fingerprint density at radius 2 is 1.81 bits per heavy atom. The molecule has 4 nitrogen and oxygen atoms in total. The number of esters is 1. The fourth-order valence-electron chi connectivity index (χ4n) is 2.08. The Bertz CT molecular complexity index is 664. The van der Waals surface area contributed by atoms with Gasteiger partial charge in [-0.15, -0.1) is 0 Å². The second-order valence-corrected chi connectivity index (χ2v) is 4.93. The summed E-state index contributed by atoms with van der Waals surface area (Å²) >= 11 is 0. The molecule has 1 N–H and O–H groups in total. The van der Waals surface area contributed by atoms with E-state index in [1.54, 1.807) is 18.2 Å². The van der Waals surface area contributed by atoms with Crippen molar-refractivity contribution in [2.45, 2.75) is 26.7 Å². The monoisotopic (exact) mass is 285 g/mol. The maximum atomic E-state index is 12.0. The van der Waals surface area contributed by atoms with E-state index >= 15 is 0 Å². The third kappa shape index (κ3) is 4.05. The molecule has 2 aromatic carbocycles. The van der Waals surface area contributed by atoms with E-state index in [1.165, 1.54) is 6.92 Å². The Morgan fingerprint density at radius 1 is 1.10 bits per heavy atom. The highest BCUT2D eigenvalue weighted by molar-refractivity contribution is 5.98. The average molecular weight is 285 g/mol. The van der Waals surface area contributed by atoms with Gasteiger partial charge < -0.3 is 10.1 Å². The minimum Gasteiger partial charge on any atom is -0.427 e. The summed E-state index contributed by atoms with van der Waals surface area (Å²) in [6, 6.07) is 10.8. The first-order chi connectivity index (χ1) is 10.1. The minimum absolute atomic E-state index is 0.0607. The number of unbranched alkanes of at least 4 members (excludes halogenated alkanes) is 1. The number of carbonyl (C=O) groups excluding carboxylic acids is 2. The van der Waals surface area contributed by atoms with Crippen LogP contribution in [-0.4, -0.2) is 18.4 Å². The van der Waals surface area contributed by atoms with E-state index in [0.717, 1.165) is 23.6 Å². The van der Waals surface area contributed by atoms with Crippen LogP contribution < -0.4 is 10.1 Å². The van der Waals surface area contributed by atoms with Gasteiger partial charge in [0.2, 0.25) is 0 Å². The van der Waals surface area contributed by atoms with Crippen LogP contribution in [0, 0.1) is 0 Å². The van der Waals surface area contributed by atoms with Gasteiger partial charge in [-0.3, -0.25) is 9.59 Å². The van der Waals surface area contributed by atoms with Crippen LogP contribution in [0.25, 0.3) is 10.8 Å². The molecular formula is C17H19NO3. The third-order valence-corrected chi connectivity index (χ3v) is 3.15. The van der Waals surface area contributed by atoms with Crippen LogP contribution in [0.3, 0.4) is 0 Å². The molecule has 0 heterocycles. The molecular weight excluding hydrogens is 266 g/mol. The van der Waals surface area contributed by atoms with Gasteiger partial charge in [0.05, 0.1) is 0 Å². The van der Waals surface area contributed by atoms with Crippen molar-refractivity contribution in [2.75, 3.05) is 6.54 Å². The first-order valence-corrected chi connectivity index (χ1v) is 7.10. The van der Waals surface area contributed by atoms with E-state index in [2.05, 4.69) is 12.2 Å². The van der Waals surface area contributed by atoms with Gasteiger partial charge in [0.15, 0.2) is 0 Å². The number of nitrogens with one attached hydrogen (secondary N) is 1. The molecule has 0 saturated carbocycles. The van der Waals surface area contributed by atoms with Crippen LogP contribution >= 0.6 is 0 Å². The zero-order chi connectivity index (χ0) is 15.2. The van der Waals surface area contributed by atoms with Gasteiger partial charge in [0, 0.05) is 19.0 Å². The molecule has 0 saturated heterocycles. The van der Waals surface area contributed by atoms with Crippen LogP contribution in [-0.2, 0) is 4.79 Å². The van der Waals surface area contributed by atoms with Gasteiger partial charge in [-0.1, -0.05) is 25.5 Å². The van der Waals surface area contributed by atoms with Crippen LogP contribution in [0.1, 0.15) is 37.0 Å². The Morgan fingerprint density at radius 3 is 2.52 bits per heavy atom. The van der Waals surface area contributed by atoms with Crippen LogP contribution in [0.5, 0.6) is 5.75 Å². The summed E-state index contributed by atoms with van der Waals surface area (Å²) < 4.78 is 5.05. The van der Waals surface area contributed by atoms with Gasteiger partial charge in [0.1, 0.15) is 5.75 Å². The minimum atomic E-state index is -0.346. The summed E-state index contributed by atoms with van der Waals surface area (Å²) in [5, 5.41) is 4.76. The number of ether oxygens (including phenoxy) is 1. The van der Waals surface area contributed by atoms with Gasteiger partial charge in [-0.05, 0) is 41.5 Å². The van der Waals surface area contributed by atoms with Crippen molar-refractivity contribution in [3.8, 4) is 5.75 Å². The molecule has 0 aliphatic carbocycles. The summed E-state index contributed by atoms with van der Waals surface area (Å²) in [6.07, 6.45) is 2.03. The summed E-state index contributed by atoms with van der Waals surface area (Å²) in [5.41, 5.74) is 0.638. The molecule has 0 bridgehead atoms. The Kier molecular flexibility index (Phi) is 4.93. The van der Waals surface area contributed by atoms with Gasteiger partial charge >= 0.3 is 5.97 Å². The van der Waals surface area contributed by atoms with Crippen LogP contribution in [0.4, 0.5) is 0 Å². The first kappa shape index (κ1) is 15.0. The van der Waals surface area contributed by atoms with Crippen molar-refractivity contribution in [2.24, 2.45) is 0 Å². The van der Waals surface area contributed by atoms with E-state index < -0.39 is 0 Å². The highest BCUT2D eigenvalue weighted by atomic mass is 16.5. The lowest BCUT2D eigenvalue weighted by Gasteiger charge is -2.07. The van der Waals surface area contributed by atoms with E-state index in [-0.39, 0.29) is 11.9 Å². The number of benzene rings is 2. The number of hydrogen-bond donors (Lipinski definition) is 1. The van der Waals surface area contributed by atoms with E-state index in [0.29, 0.717) is 17.9 Å². The highest BCUT2D eigenvalue weighted by Gasteiger charge is 2.06. The lowest BCUT2D eigenvalue weighted by atomic mass is 10.1. The summed E-state index contributed by atoms with van der Waals surface area (Å²) in [6.45, 7) is 4.15. The fraction of sp³-hybridized carbons (Fsp3) is 0.294. The molecule has 1 amide bonds. The van der Waals surface area contributed by atoms with Gasteiger partial charge in [0.25, 0.3) is 5.91 Å². The van der Waals surface area contributed by atoms with Crippen molar-refractivity contribution in [1.82, 2.24) is 5.32 Å². The lowest BCUT2D eigenvalue weighted by molar-refractivity contribution is -0.131. The molecule has 0 aliphatic rings. The smallest absolute Gasteiger partial charge is 0.308 e. The van der Waals surface area contributed by atoms with Crippen molar-refractivity contribution in [3.05, 3.63) is 42.0 Å². The van der Waals surface area contributed by atoms with Crippen molar-refractivity contribution >= 4 is 22.6 Å². The van der Waals surface area contributed by atoms with Gasteiger partial charge in [-0.25, -0.2) is 0 Å². The number of carbonyl (C=O) groups is 2. The number of hydrogen-bond acceptors (Lipinski definition) is 3. The van der Waals surface area contributed by atoms with Crippen LogP contribution in [0.2, 0.25) is 0 Å². The SMILES string of the molecule is CCCCNC(=O)c1ccc2cc(OC(C)=O)ccc2c1. The normalized spacial score (nSPS) is 10.4. The summed E-state index contributed by atoms with van der Waals surface area (Å²) in [7, 11) is 0. The Hall–Kier alpha value is -2.36. The predicted molar refractivity (Wildman–Crippen MR) is 82.5 cm³/mol. The molecule has 4 heteroatoms. The van der Waals surface area contributed by atoms with E-state index in [9.17, 15) is 9.59 Å². The predicted octanol–water partition coefficient (Wildman–Crippen LogP) is 3.30. The fourth-order valence-corrected chi connectivity index (χ4v) is 2.08. The molecule has 0 spiro atoms. The van der Waals surface area contributed by atoms with E-state index in [1.807, 2.05) is 18.2 Å². The van der Waals surface area contributed by atoms with Crippen molar-refractivity contribution in [1.29, 1.82) is 0 Å². The summed E-state index contributed by atoms with van der Waals surface area (Å²) in [5.74, 6) is 0.103. The highest BCUT2D eigenvalue weighted by Crippen LogP contribution is 2.22. The molecule has 0 aliphatic heterocycles. The molecule has 2 rings (SSSR count). The number of rotatable bonds is 5. The molecule has 110 valence electrons. The Balaban J connectivity index is 2.18. The molecule has 21 heavy (non-hydrogen) atoms. The van der Waals surface area contributed by atoms with Crippen molar-refractivity contribution < 1.29 is 14.3 Å². The largest absolute Gasteiger partial charge is 0.427 e. The van der Waals surface area contributed by atoms with E-state index in [4.69, 9.17) is 4.74 Å². The molecule has 0 radical (unpaired) electrons. The zero-order valence-corrected chi connectivity index (χ0v) is 12.3. The third-order valence-electron chi connectivity index (χ3n) is 3.15. The van der Waals surface area contributed by atoms with Crippen LogP contribution in [0.15, 0.2) is 36.4 Å². The standard InChI is InChI=1S/C17H19NO3/c1-3-4-9-18-17(20)15-6-5-14-11-16(21-12(2)19)8-7-13(14)10-15/h5-8,10-11H,3-4,9H2,1-2H3,(H,18,20). The molecule has 2 aromatic rings. The number of amides is 1. The lowest BCUT2D eigenvalue weighted by Crippen LogP contribution is -2.24. The second-order valence-electron chi connectivity index (χ2n) is 4.93. The second kappa shape index (κ2) is 6.88. The maximum absolute atomic E-state index is 12.0. The number of fused-ring (bicyclic) bond motifs is 1. The Labute approximate surface area is 124 Å². The molecule has 0 aromatic heterocycles. The first-order valence-electron chi connectivity index (χ1n) is 7.10. The molecule has 0 unspecified atom stereocenters. The summed E-state index contributed by atoms with van der Waals surface area (Å²) in [4.78, 5) is 22.9. The topological polar surface area (TPSA) is 55.4 Å². The average Bonchev–Trinajstić information content (AvgIpc) is 2.46. The zero-order valence-electron chi connectivity index (χ0n) is 12.3. The maximum Gasteiger partial charge on any atom is 0.308 e. The quantitative estimate of drug-likeness (QED) is 0.521.